The zero-order valence-electron chi connectivity index (χ0n) is 13.8. The van der Waals surface area contributed by atoms with Crippen LogP contribution in [0.5, 0.6) is 0 Å². The highest BCUT2D eigenvalue weighted by molar-refractivity contribution is 6.33. The zero-order chi connectivity index (χ0) is 17.7. The van der Waals surface area contributed by atoms with Gasteiger partial charge in [-0.25, -0.2) is 0 Å². The minimum Gasteiger partial charge on any atom is -0.453 e. The molecule has 0 radical (unpaired) electrons. The molecule has 0 bridgehead atoms. The lowest BCUT2D eigenvalue weighted by Crippen LogP contribution is -2.30. The number of benzene rings is 1. The quantitative estimate of drug-likeness (QED) is 0.807. The van der Waals surface area contributed by atoms with Gasteiger partial charge in [0.15, 0.2) is 6.10 Å². The van der Waals surface area contributed by atoms with Gasteiger partial charge in [0, 0.05) is 12.0 Å². The van der Waals surface area contributed by atoms with Crippen molar-refractivity contribution in [3.63, 3.8) is 0 Å². The van der Waals surface area contributed by atoms with Crippen molar-refractivity contribution in [3.8, 4) is 0 Å². The third-order valence-corrected chi connectivity index (χ3v) is 3.90. The van der Waals surface area contributed by atoms with Crippen LogP contribution in [0.3, 0.4) is 0 Å². The van der Waals surface area contributed by atoms with E-state index < -0.39 is 18.0 Å². The number of nitrogens with one attached hydrogen (secondary N) is 1. The second kappa shape index (κ2) is 7.97. The van der Waals surface area contributed by atoms with Gasteiger partial charge in [-0.3, -0.25) is 9.59 Å². The summed E-state index contributed by atoms with van der Waals surface area (Å²) < 4.78 is 10.2. The highest BCUT2D eigenvalue weighted by atomic mass is 35.5. The minimum absolute atomic E-state index is 0.145. The molecule has 0 unspecified atom stereocenters. The Labute approximate surface area is 145 Å². The molecule has 0 fully saturated rings. The zero-order valence-corrected chi connectivity index (χ0v) is 14.5. The van der Waals surface area contributed by atoms with Gasteiger partial charge in [0.1, 0.15) is 5.76 Å². The summed E-state index contributed by atoms with van der Waals surface area (Å²) >= 11 is 5.98. The number of halogens is 1. The van der Waals surface area contributed by atoms with Crippen molar-refractivity contribution in [2.75, 3.05) is 5.32 Å². The van der Waals surface area contributed by atoms with Crippen LogP contribution in [-0.2, 0) is 20.7 Å². The van der Waals surface area contributed by atoms with Gasteiger partial charge in [-0.1, -0.05) is 28.9 Å². The number of ether oxygens (including phenoxy) is 1. The Morgan fingerprint density at radius 2 is 2.04 bits per heavy atom. The van der Waals surface area contributed by atoms with Crippen molar-refractivity contribution in [1.29, 1.82) is 0 Å². The molecule has 0 spiro atoms. The number of anilines is 1. The molecule has 0 saturated carbocycles. The molecule has 0 saturated heterocycles. The number of esters is 1. The van der Waals surface area contributed by atoms with E-state index in [-0.39, 0.29) is 6.42 Å². The number of aromatic nitrogens is 1. The minimum atomic E-state index is -0.918. The molecule has 1 amide bonds. The molecule has 0 aliphatic rings. The van der Waals surface area contributed by atoms with E-state index in [0.717, 1.165) is 11.3 Å². The van der Waals surface area contributed by atoms with Crippen molar-refractivity contribution in [2.45, 2.75) is 39.7 Å². The monoisotopic (exact) mass is 350 g/mol. The molecule has 1 aromatic carbocycles. The van der Waals surface area contributed by atoms with Crippen LogP contribution < -0.4 is 5.32 Å². The molecule has 7 heteroatoms. The number of hydrogen-bond acceptors (Lipinski definition) is 5. The number of para-hydroxylation sites is 1. The van der Waals surface area contributed by atoms with Crippen LogP contribution in [0.1, 0.15) is 30.4 Å². The number of amides is 1. The summed E-state index contributed by atoms with van der Waals surface area (Å²) in [7, 11) is 0. The van der Waals surface area contributed by atoms with Gasteiger partial charge in [0.05, 0.1) is 16.4 Å². The Morgan fingerprint density at radius 1 is 1.33 bits per heavy atom. The second-order valence-corrected chi connectivity index (χ2v) is 5.81. The van der Waals surface area contributed by atoms with E-state index in [1.165, 1.54) is 6.92 Å². The molecule has 1 aromatic heterocycles. The number of rotatable bonds is 6. The maximum atomic E-state index is 12.1. The number of aryl methyl sites for hydroxylation is 2. The highest BCUT2D eigenvalue weighted by Crippen LogP contribution is 2.21. The van der Waals surface area contributed by atoms with E-state index in [1.54, 1.807) is 31.2 Å². The molecule has 2 rings (SSSR count). The van der Waals surface area contributed by atoms with Gasteiger partial charge in [-0.05, 0) is 39.3 Å². The van der Waals surface area contributed by atoms with Crippen LogP contribution in [0, 0.1) is 13.8 Å². The smallest absolute Gasteiger partial charge is 0.306 e. The lowest BCUT2D eigenvalue weighted by molar-refractivity contribution is -0.153. The van der Waals surface area contributed by atoms with Crippen molar-refractivity contribution in [3.05, 3.63) is 46.3 Å². The van der Waals surface area contributed by atoms with E-state index in [4.69, 9.17) is 20.9 Å². The molecule has 1 heterocycles. The molecule has 1 atom stereocenters. The van der Waals surface area contributed by atoms with E-state index in [0.29, 0.717) is 22.9 Å². The predicted octanol–water partition coefficient (Wildman–Crippen LogP) is 3.45. The largest absolute Gasteiger partial charge is 0.453 e. The number of hydrogen-bond donors (Lipinski definition) is 1. The van der Waals surface area contributed by atoms with Gasteiger partial charge >= 0.3 is 5.97 Å². The van der Waals surface area contributed by atoms with E-state index in [9.17, 15) is 9.59 Å². The van der Waals surface area contributed by atoms with Crippen molar-refractivity contribution in [1.82, 2.24) is 5.16 Å². The maximum absolute atomic E-state index is 12.1. The molecular formula is C17H19ClN2O4. The van der Waals surface area contributed by atoms with Crippen molar-refractivity contribution < 1.29 is 18.8 Å². The number of carbonyl (C=O) groups is 2. The molecule has 128 valence electrons. The molecule has 2 aromatic rings. The molecule has 0 aliphatic heterocycles. The molecule has 6 nitrogen and oxygen atoms in total. The first-order valence-electron chi connectivity index (χ1n) is 7.55. The van der Waals surface area contributed by atoms with Crippen LogP contribution in [0.4, 0.5) is 5.69 Å². The SMILES string of the molecule is Cc1noc(C)c1CCC(=O)O[C@H](C)C(=O)Nc1ccccc1Cl. The fourth-order valence-corrected chi connectivity index (χ4v) is 2.38. The van der Waals surface area contributed by atoms with Crippen LogP contribution in [0.25, 0.3) is 0 Å². The van der Waals surface area contributed by atoms with Gasteiger partial charge in [0.25, 0.3) is 5.91 Å². The summed E-state index contributed by atoms with van der Waals surface area (Å²) in [5, 5.41) is 6.88. The topological polar surface area (TPSA) is 81.4 Å². The van der Waals surface area contributed by atoms with Gasteiger partial charge < -0.3 is 14.6 Å². The molecule has 0 aliphatic carbocycles. The first-order valence-corrected chi connectivity index (χ1v) is 7.93. The van der Waals surface area contributed by atoms with Crippen molar-refractivity contribution >= 4 is 29.2 Å². The Kier molecular flexibility index (Phi) is 5.98. The summed E-state index contributed by atoms with van der Waals surface area (Å²) in [6.45, 7) is 5.12. The van der Waals surface area contributed by atoms with Crippen LogP contribution in [0.2, 0.25) is 5.02 Å². The van der Waals surface area contributed by atoms with Gasteiger partial charge in [0.2, 0.25) is 0 Å². The lowest BCUT2D eigenvalue weighted by Gasteiger charge is -2.14. The number of carbonyl (C=O) groups excluding carboxylic acids is 2. The summed E-state index contributed by atoms with van der Waals surface area (Å²) in [5.41, 5.74) is 2.12. The second-order valence-electron chi connectivity index (χ2n) is 5.40. The normalized spacial score (nSPS) is 11.8. The van der Waals surface area contributed by atoms with Crippen LogP contribution in [-0.4, -0.2) is 23.1 Å². The standard InChI is InChI=1S/C17H19ClN2O4/c1-10-13(11(2)24-20-10)8-9-16(21)23-12(3)17(22)19-15-7-5-4-6-14(15)18/h4-7,12H,8-9H2,1-3H3,(H,19,22)/t12-/m1/s1. The fraction of sp³-hybridized carbons (Fsp3) is 0.353. The summed E-state index contributed by atoms with van der Waals surface area (Å²) in [4.78, 5) is 24.0. The summed E-state index contributed by atoms with van der Waals surface area (Å²) in [6, 6.07) is 6.85. The molecule has 1 N–H and O–H groups in total. The summed E-state index contributed by atoms with van der Waals surface area (Å²) in [6.07, 6.45) is -0.315. The predicted molar refractivity (Wildman–Crippen MR) is 89.9 cm³/mol. The first kappa shape index (κ1) is 18.0. The summed E-state index contributed by atoms with van der Waals surface area (Å²) in [5.74, 6) is -0.213. The van der Waals surface area contributed by atoms with Crippen LogP contribution >= 0.6 is 11.6 Å². The van der Waals surface area contributed by atoms with E-state index in [1.807, 2.05) is 6.92 Å². The van der Waals surface area contributed by atoms with E-state index in [2.05, 4.69) is 10.5 Å². The van der Waals surface area contributed by atoms with Gasteiger partial charge in [-0.15, -0.1) is 0 Å². The lowest BCUT2D eigenvalue weighted by atomic mass is 10.1. The Bertz CT molecular complexity index is 722. The Hall–Kier alpha value is -2.34. The Morgan fingerprint density at radius 3 is 2.67 bits per heavy atom. The maximum Gasteiger partial charge on any atom is 0.306 e. The highest BCUT2D eigenvalue weighted by Gasteiger charge is 2.19. The first-order chi connectivity index (χ1) is 11.4. The fourth-order valence-electron chi connectivity index (χ4n) is 2.19. The van der Waals surface area contributed by atoms with Crippen molar-refractivity contribution in [2.24, 2.45) is 0 Å². The molecule has 24 heavy (non-hydrogen) atoms. The third-order valence-electron chi connectivity index (χ3n) is 3.57. The number of nitrogens with zero attached hydrogens (tertiary/aromatic N) is 1. The average molecular weight is 351 g/mol. The Balaban J connectivity index is 1.85. The van der Waals surface area contributed by atoms with Crippen LogP contribution in [0.15, 0.2) is 28.8 Å². The van der Waals surface area contributed by atoms with Gasteiger partial charge in [-0.2, -0.15) is 0 Å². The van der Waals surface area contributed by atoms with E-state index >= 15 is 0 Å². The third kappa shape index (κ3) is 4.58. The average Bonchev–Trinajstić information content (AvgIpc) is 2.86. The molecular weight excluding hydrogens is 332 g/mol.